The van der Waals surface area contributed by atoms with Gasteiger partial charge in [0.1, 0.15) is 0 Å². The highest BCUT2D eigenvalue weighted by Crippen LogP contribution is 2.14. The molecule has 0 unspecified atom stereocenters. The first-order valence-corrected chi connectivity index (χ1v) is 7.34. The van der Waals surface area contributed by atoms with E-state index >= 15 is 0 Å². The maximum atomic E-state index is 12.4. The van der Waals surface area contributed by atoms with E-state index in [1.807, 2.05) is 13.8 Å². The summed E-state index contributed by atoms with van der Waals surface area (Å²) in [6.45, 7) is 6.03. The molecule has 0 radical (unpaired) electrons. The number of halogens is 1. The van der Waals surface area contributed by atoms with Crippen LogP contribution in [0.5, 0.6) is 0 Å². The van der Waals surface area contributed by atoms with Crippen molar-refractivity contribution in [2.24, 2.45) is 0 Å². The standard InChI is InChI=1S/C16H19ClN2O2/c1-12(2)10-15(20)18-6-8-19(9-7-18)16(21)13-4-3-5-14(17)11-13/h3-5,10-11H,6-9H2,1-2H3. The molecule has 0 aliphatic carbocycles. The third-order valence-electron chi connectivity index (χ3n) is 3.36. The zero-order valence-electron chi connectivity index (χ0n) is 12.3. The first-order chi connectivity index (χ1) is 9.97. The second kappa shape index (κ2) is 6.76. The molecule has 1 fully saturated rings. The van der Waals surface area contributed by atoms with Gasteiger partial charge in [-0.3, -0.25) is 9.59 Å². The molecule has 21 heavy (non-hydrogen) atoms. The zero-order valence-corrected chi connectivity index (χ0v) is 13.1. The van der Waals surface area contributed by atoms with E-state index in [1.54, 1.807) is 40.1 Å². The second-order valence-corrected chi connectivity index (χ2v) is 5.79. The second-order valence-electron chi connectivity index (χ2n) is 5.35. The van der Waals surface area contributed by atoms with E-state index in [0.29, 0.717) is 36.8 Å². The topological polar surface area (TPSA) is 40.6 Å². The zero-order chi connectivity index (χ0) is 15.4. The Morgan fingerprint density at radius 3 is 2.29 bits per heavy atom. The Bertz CT molecular complexity index is 571. The lowest BCUT2D eigenvalue weighted by atomic mass is 10.2. The maximum absolute atomic E-state index is 12.4. The summed E-state index contributed by atoms with van der Waals surface area (Å²) in [5.74, 6) is -0.0170. The van der Waals surface area contributed by atoms with Crippen molar-refractivity contribution in [1.82, 2.24) is 9.80 Å². The van der Waals surface area contributed by atoms with Gasteiger partial charge in [-0.25, -0.2) is 0 Å². The molecule has 0 saturated carbocycles. The summed E-state index contributed by atoms with van der Waals surface area (Å²) in [5.41, 5.74) is 1.57. The van der Waals surface area contributed by atoms with Gasteiger partial charge in [0.2, 0.25) is 5.91 Å². The minimum absolute atomic E-state index is 0.0184. The predicted octanol–water partition coefficient (Wildman–Crippen LogP) is 2.59. The molecule has 2 amide bonds. The van der Waals surface area contributed by atoms with Crippen LogP contribution in [-0.2, 0) is 4.79 Å². The third-order valence-corrected chi connectivity index (χ3v) is 3.60. The van der Waals surface area contributed by atoms with Gasteiger partial charge in [-0.2, -0.15) is 0 Å². The molecule has 1 aliphatic heterocycles. The number of hydrogen-bond donors (Lipinski definition) is 0. The van der Waals surface area contributed by atoms with E-state index in [4.69, 9.17) is 11.6 Å². The van der Waals surface area contributed by atoms with Crippen LogP contribution in [0.4, 0.5) is 0 Å². The maximum Gasteiger partial charge on any atom is 0.254 e. The van der Waals surface area contributed by atoms with E-state index in [2.05, 4.69) is 0 Å². The monoisotopic (exact) mass is 306 g/mol. The van der Waals surface area contributed by atoms with Crippen LogP contribution in [0.1, 0.15) is 24.2 Å². The van der Waals surface area contributed by atoms with Gasteiger partial charge >= 0.3 is 0 Å². The number of benzene rings is 1. The first kappa shape index (κ1) is 15.6. The molecule has 1 aromatic rings. The lowest BCUT2D eigenvalue weighted by molar-refractivity contribution is -0.127. The average molecular weight is 307 g/mol. The van der Waals surface area contributed by atoms with E-state index in [9.17, 15) is 9.59 Å². The number of carbonyl (C=O) groups is 2. The molecule has 112 valence electrons. The van der Waals surface area contributed by atoms with Crippen molar-refractivity contribution in [1.29, 1.82) is 0 Å². The largest absolute Gasteiger partial charge is 0.336 e. The van der Waals surface area contributed by atoms with Crippen LogP contribution in [0.2, 0.25) is 5.02 Å². The van der Waals surface area contributed by atoms with Crippen molar-refractivity contribution in [3.05, 3.63) is 46.5 Å². The predicted molar refractivity (Wildman–Crippen MR) is 83.4 cm³/mol. The number of carbonyl (C=O) groups excluding carboxylic acids is 2. The van der Waals surface area contributed by atoms with Crippen LogP contribution in [0, 0.1) is 0 Å². The van der Waals surface area contributed by atoms with Gasteiger partial charge in [0.15, 0.2) is 0 Å². The lowest BCUT2D eigenvalue weighted by Crippen LogP contribution is -2.50. The van der Waals surface area contributed by atoms with Crippen LogP contribution in [0.3, 0.4) is 0 Å². The Morgan fingerprint density at radius 2 is 1.71 bits per heavy atom. The van der Waals surface area contributed by atoms with Crippen molar-refractivity contribution in [3.8, 4) is 0 Å². The summed E-state index contributed by atoms with van der Waals surface area (Å²) < 4.78 is 0. The minimum Gasteiger partial charge on any atom is -0.336 e. The number of piperazine rings is 1. The summed E-state index contributed by atoms with van der Waals surface area (Å²) in [5, 5.41) is 0.554. The van der Waals surface area contributed by atoms with Crippen molar-refractivity contribution in [3.63, 3.8) is 0 Å². The molecule has 0 atom stereocenters. The molecule has 0 aromatic heterocycles. The summed E-state index contributed by atoms with van der Waals surface area (Å²) >= 11 is 5.91. The molecular formula is C16H19ClN2O2. The van der Waals surface area contributed by atoms with Crippen molar-refractivity contribution >= 4 is 23.4 Å². The van der Waals surface area contributed by atoms with Crippen LogP contribution in [0.15, 0.2) is 35.9 Å². The minimum atomic E-state index is -0.0354. The first-order valence-electron chi connectivity index (χ1n) is 6.96. The summed E-state index contributed by atoms with van der Waals surface area (Å²) in [4.78, 5) is 27.8. The van der Waals surface area contributed by atoms with Crippen molar-refractivity contribution in [2.45, 2.75) is 13.8 Å². The van der Waals surface area contributed by atoms with Gasteiger partial charge in [-0.05, 0) is 32.0 Å². The molecular weight excluding hydrogens is 288 g/mol. The molecule has 1 heterocycles. The Labute approximate surface area is 130 Å². The number of rotatable bonds is 2. The summed E-state index contributed by atoms with van der Waals surface area (Å²) in [6.07, 6.45) is 1.63. The number of amides is 2. The fourth-order valence-electron chi connectivity index (χ4n) is 2.27. The van der Waals surface area contributed by atoms with E-state index in [1.165, 1.54) is 0 Å². The fourth-order valence-corrected chi connectivity index (χ4v) is 2.46. The Kier molecular flexibility index (Phi) is 5.02. The van der Waals surface area contributed by atoms with Crippen molar-refractivity contribution in [2.75, 3.05) is 26.2 Å². The highest BCUT2D eigenvalue weighted by atomic mass is 35.5. The highest BCUT2D eigenvalue weighted by Gasteiger charge is 2.23. The van der Waals surface area contributed by atoms with Crippen LogP contribution in [-0.4, -0.2) is 47.8 Å². The lowest BCUT2D eigenvalue weighted by Gasteiger charge is -2.34. The molecule has 2 rings (SSSR count). The molecule has 1 aromatic carbocycles. The van der Waals surface area contributed by atoms with Gasteiger partial charge in [-0.15, -0.1) is 0 Å². The molecule has 1 saturated heterocycles. The number of allylic oxidation sites excluding steroid dienone is 1. The molecule has 1 aliphatic rings. The van der Waals surface area contributed by atoms with Gasteiger partial charge in [0.05, 0.1) is 0 Å². The van der Waals surface area contributed by atoms with Gasteiger partial charge in [-0.1, -0.05) is 23.2 Å². The van der Waals surface area contributed by atoms with Crippen LogP contribution >= 0.6 is 11.6 Å². The van der Waals surface area contributed by atoms with Crippen LogP contribution in [0.25, 0.3) is 0 Å². The molecule has 0 spiro atoms. The van der Waals surface area contributed by atoms with Crippen LogP contribution < -0.4 is 0 Å². The fraction of sp³-hybridized carbons (Fsp3) is 0.375. The average Bonchev–Trinajstić information content (AvgIpc) is 2.46. The highest BCUT2D eigenvalue weighted by molar-refractivity contribution is 6.30. The molecule has 4 nitrogen and oxygen atoms in total. The molecule has 0 N–H and O–H groups in total. The van der Waals surface area contributed by atoms with Gasteiger partial charge < -0.3 is 9.80 Å². The van der Waals surface area contributed by atoms with Crippen molar-refractivity contribution < 1.29 is 9.59 Å². The van der Waals surface area contributed by atoms with E-state index in [-0.39, 0.29) is 11.8 Å². The van der Waals surface area contributed by atoms with Gasteiger partial charge in [0.25, 0.3) is 5.91 Å². The van der Waals surface area contributed by atoms with E-state index in [0.717, 1.165) is 5.57 Å². The Morgan fingerprint density at radius 1 is 1.10 bits per heavy atom. The normalized spacial score (nSPS) is 14.8. The number of hydrogen-bond acceptors (Lipinski definition) is 2. The molecule has 5 heteroatoms. The number of nitrogens with zero attached hydrogens (tertiary/aromatic N) is 2. The van der Waals surface area contributed by atoms with Gasteiger partial charge in [0, 0.05) is 42.8 Å². The quantitative estimate of drug-likeness (QED) is 0.788. The Hall–Kier alpha value is -1.81. The summed E-state index contributed by atoms with van der Waals surface area (Å²) in [6, 6.07) is 6.94. The SMILES string of the molecule is CC(C)=CC(=O)N1CCN(C(=O)c2cccc(Cl)c2)CC1. The molecule has 0 bridgehead atoms. The smallest absolute Gasteiger partial charge is 0.254 e. The Balaban J connectivity index is 1.96. The third kappa shape index (κ3) is 4.08. The van der Waals surface area contributed by atoms with E-state index < -0.39 is 0 Å². The summed E-state index contributed by atoms with van der Waals surface area (Å²) in [7, 11) is 0.